The highest BCUT2D eigenvalue weighted by atomic mass is 16.1. The van der Waals surface area contributed by atoms with E-state index in [0.29, 0.717) is 16.9 Å². The van der Waals surface area contributed by atoms with Gasteiger partial charge >= 0.3 is 0 Å². The van der Waals surface area contributed by atoms with E-state index in [0.717, 1.165) is 0 Å². The number of rotatable bonds is 3. The third-order valence-electron chi connectivity index (χ3n) is 2.85. The number of carbonyl (C=O) groups is 1. The van der Waals surface area contributed by atoms with Gasteiger partial charge in [0.25, 0.3) is 5.91 Å². The van der Waals surface area contributed by atoms with Crippen LogP contribution in [0.25, 0.3) is 5.52 Å². The summed E-state index contributed by atoms with van der Waals surface area (Å²) >= 11 is 0. The summed E-state index contributed by atoms with van der Waals surface area (Å²) in [4.78, 5) is 23.3. The number of amides is 1. The van der Waals surface area contributed by atoms with Crippen LogP contribution in [0.15, 0.2) is 37.2 Å². The van der Waals surface area contributed by atoms with Crippen molar-refractivity contribution in [2.45, 2.75) is 13.0 Å². The van der Waals surface area contributed by atoms with Gasteiger partial charge in [-0.25, -0.2) is 9.50 Å². The largest absolute Gasteiger partial charge is 0.347 e. The van der Waals surface area contributed by atoms with Gasteiger partial charge in [-0.2, -0.15) is 5.10 Å². The Labute approximate surface area is 108 Å². The molecule has 3 heterocycles. The van der Waals surface area contributed by atoms with Gasteiger partial charge in [0.1, 0.15) is 5.82 Å². The van der Waals surface area contributed by atoms with E-state index in [4.69, 9.17) is 0 Å². The van der Waals surface area contributed by atoms with Crippen molar-refractivity contribution in [3.05, 3.63) is 48.6 Å². The summed E-state index contributed by atoms with van der Waals surface area (Å²) in [5.74, 6) is 0.509. The summed E-state index contributed by atoms with van der Waals surface area (Å²) < 4.78 is 1.61. The molecule has 0 saturated heterocycles. The summed E-state index contributed by atoms with van der Waals surface area (Å²) in [6, 6.07) is -0.200. The van der Waals surface area contributed by atoms with Crippen molar-refractivity contribution >= 4 is 11.4 Å². The first-order valence-electron chi connectivity index (χ1n) is 5.83. The SMILES string of the molecule is CC(NC(=O)c1cnn2ccncc12)c1ncc[nH]1. The standard InChI is InChI=1S/C12H12N6O/c1-8(11-14-2-3-15-11)17-12(19)9-6-16-18-5-4-13-7-10(9)18/h2-8H,1H3,(H,14,15)(H,17,19). The number of carbonyl (C=O) groups excluding carboxylic acids is 1. The second kappa shape index (κ2) is 4.52. The first-order chi connectivity index (χ1) is 9.25. The second-order valence-corrected chi connectivity index (χ2v) is 4.13. The van der Waals surface area contributed by atoms with Gasteiger partial charge in [-0.05, 0) is 6.92 Å². The Morgan fingerprint density at radius 1 is 1.42 bits per heavy atom. The first kappa shape index (κ1) is 11.4. The van der Waals surface area contributed by atoms with Gasteiger partial charge in [-0.3, -0.25) is 9.78 Å². The van der Waals surface area contributed by atoms with E-state index >= 15 is 0 Å². The van der Waals surface area contributed by atoms with Crippen LogP contribution >= 0.6 is 0 Å². The lowest BCUT2D eigenvalue weighted by Crippen LogP contribution is -2.27. The molecule has 1 amide bonds. The third kappa shape index (κ3) is 2.05. The molecule has 1 atom stereocenters. The van der Waals surface area contributed by atoms with Gasteiger partial charge in [0.15, 0.2) is 0 Å². The molecule has 0 bridgehead atoms. The molecule has 19 heavy (non-hydrogen) atoms. The molecule has 0 aliphatic heterocycles. The number of fused-ring (bicyclic) bond motifs is 1. The van der Waals surface area contributed by atoms with E-state index in [1.807, 2.05) is 6.92 Å². The normalized spacial score (nSPS) is 12.5. The Kier molecular flexibility index (Phi) is 2.71. The molecule has 0 spiro atoms. The maximum atomic E-state index is 12.2. The Balaban J connectivity index is 1.84. The van der Waals surface area contributed by atoms with Crippen LogP contribution in [0.2, 0.25) is 0 Å². The zero-order valence-corrected chi connectivity index (χ0v) is 10.2. The molecule has 0 aromatic carbocycles. The summed E-state index contributed by atoms with van der Waals surface area (Å²) in [6.07, 6.45) is 9.82. The minimum atomic E-state index is -0.202. The van der Waals surface area contributed by atoms with E-state index in [1.54, 1.807) is 35.5 Å². The van der Waals surface area contributed by atoms with E-state index in [2.05, 4.69) is 25.4 Å². The topological polar surface area (TPSA) is 88.0 Å². The fourth-order valence-corrected chi connectivity index (χ4v) is 1.87. The van der Waals surface area contributed by atoms with Crippen molar-refractivity contribution < 1.29 is 4.79 Å². The third-order valence-corrected chi connectivity index (χ3v) is 2.85. The minimum Gasteiger partial charge on any atom is -0.347 e. The average molecular weight is 256 g/mol. The van der Waals surface area contributed by atoms with E-state index in [1.165, 1.54) is 6.20 Å². The Morgan fingerprint density at radius 3 is 3.11 bits per heavy atom. The van der Waals surface area contributed by atoms with Crippen molar-refractivity contribution in [3.63, 3.8) is 0 Å². The number of imidazole rings is 1. The molecule has 1 unspecified atom stereocenters. The second-order valence-electron chi connectivity index (χ2n) is 4.13. The first-order valence-corrected chi connectivity index (χ1v) is 5.83. The smallest absolute Gasteiger partial charge is 0.255 e. The molecule has 3 rings (SSSR count). The quantitative estimate of drug-likeness (QED) is 0.730. The average Bonchev–Trinajstić information content (AvgIpc) is 3.08. The highest BCUT2D eigenvalue weighted by molar-refractivity contribution is 6.00. The highest BCUT2D eigenvalue weighted by Gasteiger charge is 2.16. The van der Waals surface area contributed by atoms with Crippen LogP contribution < -0.4 is 5.32 Å². The summed E-state index contributed by atoms with van der Waals surface area (Å²) in [7, 11) is 0. The molecular formula is C12H12N6O. The van der Waals surface area contributed by atoms with Crippen LogP contribution in [0.5, 0.6) is 0 Å². The summed E-state index contributed by atoms with van der Waals surface area (Å²) in [5, 5.41) is 6.97. The van der Waals surface area contributed by atoms with E-state index in [-0.39, 0.29) is 11.9 Å². The molecule has 0 saturated carbocycles. The molecule has 7 heteroatoms. The molecular weight excluding hydrogens is 244 g/mol. The maximum Gasteiger partial charge on any atom is 0.255 e. The number of nitrogens with zero attached hydrogens (tertiary/aromatic N) is 4. The van der Waals surface area contributed by atoms with E-state index in [9.17, 15) is 4.79 Å². The van der Waals surface area contributed by atoms with E-state index < -0.39 is 0 Å². The van der Waals surface area contributed by atoms with Gasteiger partial charge in [0.05, 0.1) is 29.5 Å². The fourth-order valence-electron chi connectivity index (χ4n) is 1.87. The molecule has 0 aliphatic rings. The van der Waals surface area contributed by atoms with Crippen LogP contribution in [-0.4, -0.2) is 30.5 Å². The Morgan fingerprint density at radius 2 is 2.32 bits per heavy atom. The lowest BCUT2D eigenvalue weighted by molar-refractivity contribution is 0.0940. The number of hydrogen-bond donors (Lipinski definition) is 2. The van der Waals surface area contributed by atoms with Gasteiger partial charge < -0.3 is 10.3 Å². The lowest BCUT2D eigenvalue weighted by Gasteiger charge is -2.10. The minimum absolute atomic E-state index is 0.200. The van der Waals surface area contributed by atoms with Gasteiger partial charge in [0.2, 0.25) is 0 Å². The van der Waals surface area contributed by atoms with Crippen molar-refractivity contribution in [2.24, 2.45) is 0 Å². The molecule has 3 aromatic rings. The van der Waals surface area contributed by atoms with Crippen LogP contribution in [0, 0.1) is 0 Å². The molecule has 0 aliphatic carbocycles. The van der Waals surface area contributed by atoms with Crippen molar-refractivity contribution in [1.29, 1.82) is 0 Å². The molecule has 3 aromatic heterocycles. The monoisotopic (exact) mass is 256 g/mol. The fraction of sp³-hybridized carbons (Fsp3) is 0.167. The number of aromatic nitrogens is 5. The summed E-state index contributed by atoms with van der Waals surface area (Å²) in [6.45, 7) is 1.86. The Hall–Kier alpha value is -2.70. The van der Waals surface area contributed by atoms with Crippen LogP contribution in [-0.2, 0) is 0 Å². The van der Waals surface area contributed by atoms with Crippen LogP contribution in [0.3, 0.4) is 0 Å². The predicted molar refractivity (Wildman–Crippen MR) is 67.5 cm³/mol. The van der Waals surface area contributed by atoms with Crippen molar-refractivity contribution in [3.8, 4) is 0 Å². The van der Waals surface area contributed by atoms with Crippen molar-refractivity contribution in [2.75, 3.05) is 0 Å². The summed E-state index contributed by atoms with van der Waals surface area (Å²) in [5.41, 5.74) is 1.16. The Bertz CT molecular complexity index is 702. The van der Waals surface area contributed by atoms with Crippen molar-refractivity contribution in [1.82, 2.24) is 29.9 Å². The lowest BCUT2D eigenvalue weighted by atomic mass is 10.2. The van der Waals surface area contributed by atoms with Crippen LogP contribution in [0.1, 0.15) is 29.1 Å². The molecule has 7 nitrogen and oxygen atoms in total. The highest BCUT2D eigenvalue weighted by Crippen LogP contribution is 2.11. The number of aromatic amines is 1. The van der Waals surface area contributed by atoms with Gasteiger partial charge in [0, 0.05) is 24.8 Å². The molecule has 2 N–H and O–H groups in total. The zero-order chi connectivity index (χ0) is 13.2. The number of H-pyrrole nitrogens is 1. The maximum absolute atomic E-state index is 12.2. The van der Waals surface area contributed by atoms with Crippen LogP contribution in [0.4, 0.5) is 0 Å². The van der Waals surface area contributed by atoms with Gasteiger partial charge in [-0.15, -0.1) is 0 Å². The zero-order valence-electron chi connectivity index (χ0n) is 10.2. The molecule has 0 fully saturated rings. The van der Waals surface area contributed by atoms with Gasteiger partial charge in [-0.1, -0.05) is 0 Å². The molecule has 96 valence electrons. The predicted octanol–water partition coefficient (Wildman–Crippen LogP) is 0.943. The number of hydrogen-bond acceptors (Lipinski definition) is 4. The molecule has 0 radical (unpaired) electrons. The number of nitrogens with one attached hydrogen (secondary N) is 2.